The molecule has 1 N–H and O–H groups in total. The normalized spacial score (nSPS) is 24.1. The largest absolute Gasteiger partial charge is 0.469 e. The molecule has 5 nitrogen and oxygen atoms in total. The Morgan fingerprint density at radius 1 is 1.41 bits per heavy atom. The van der Waals surface area contributed by atoms with Gasteiger partial charge in [0, 0.05) is 13.5 Å². The summed E-state index contributed by atoms with van der Waals surface area (Å²) in [6.07, 6.45) is 2.67. The van der Waals surface area contributed by atoms with Crippen molar-refractivity contribution in [3.05, 3.63) is 0 Å². The van der Waals surface area contributed by atoms with Gasteiger partial charge in [-0.1, -0.05) is 0 Å². The number of carbonyl (C=O) groups is 2. The fraction of sp³-hybridized carbons (Fsp3) is 0.833. The maximum absolute atomic E-state index is 11.6. The summed E-state index contributed by atoms with van der Waals surface area (Å²) in [4.78, 5) is 22.2. The van der Waals surface area contributed by atoms with Gasteiger partial charge in [-0.15, -0.1) is 0 Å². The Hall–Kier alpha value is -1.10. The van der Waals surface area contributed by atoms with Crippen LogP contribution in [0.1, 0.15) is 26.2 Å². The Labute approximate surface area is 102 Å². The van der Waals surface area contributed by atoms with Crippen LogP contribution in [0.2, 0.25) is 0 Å². The van der Waals surface area contributed by atoms with Crippen molar-refractivity contribution in [2.75, 3.05) is 26.8 Å². The molecule has 0 aromatic carbocycles. The molecule has 1 saturated heterocycles. The van der Waals surface area contributed by atoms with Gasteiger partial charge >= 0.3 is 11.9 Å². The van der Waals surface area contributed by atoms with E-state index >= 15 is 0 Å². The Kier molecular flexibility index (Phi) is 5.97. The molecule has 5 heteroatoms. The number of piperidine rings is 1. The molecule has 0 saturated carbocycles. The molecule has 0 aromatic heterocycles. The third kappa shape index (κ3) is 4.73. The van der Waals surface area contributed by atoms with Crippen molar-refractivity contribution in [2.24, 2.45) is 11.8 Å². The Balaban J connectivity index is 2.32. The zero-order chi connectivity index (χ0) is 12.7. The molecule has 0 aliphatic carbocycles. The molecular formula is C12H21NO4. The predicted octanol–water partition coefficient (Wildman–Crippen LogP) is 0.728. The highest BCUT2D eigenvalue weighted by Gasteiger charge is 2.31. The van der Waals surface area contributed by atoms with Gasteiger partial charge in [-0.05, 0) is 31.7 Å². The predicted molar refractivity (Wildman–Crippen MR) is 62.3 cm³/mol. The summed E-state index contributed by atoms with van der Waals surface area (Å²) in [5, 5.41) is 3.20. The molecular weight excluding hydrogens is 222 g/mol. The van der Waals surface area contributed by atoms with E-state index in [0.717, 1.165) is 25.8 Å². The fourth-order valence-corrected chi connectivity index (χ4v) is 2.25. The van der Waals surface area contributed by atoms with Gasteiger partial charge in [0.15, 0.2) is 0 Å². The summed E-state index contributed by atoms with van der Waals surface area (Å²) in [5.41, 5.74) is 0. The lowest BCUT2D eigenvalue weighted by molar-refractivity contribution is -0.148. The van der Waals surface area contributed by atoms with Crippen LogP contribution < -0.4 is 5.32 Å². The van der Waals surface area contributed by atoms with Gasteiger partial charge in [-0.3, -0.25) is 9.59 Å². The highest BCUT2D eigenvalue weighted by atomic mass is 16.5. The van der Waals surface area contributed by atoms with E-state index in [1.165, 1.54) is 14.0 Å². The van der Waals surface area contributed by atoms with Crippen molar-refractivity contribution in [1.82, 2.24) is 5.32 Å². The first kappa shape index (κ1) is 14.0. The lowest BCUT2D eigenvalue weighted by Gasteiger charge is -2.30. The first-order valence-electron chi connectivity index (χ1n) is 6.07. The second-order valence-electron chi connectivity index (χ2n) is 4.36. The molecule has 1 fully saturated rings. The Morgan fingerprint density at radius 3 is 2.82 bits per heavy atom. The Morgan fingerprint density at radius 2 is 2.18 bits per heavy atom. The molecule has 0 aromatic rings. The van der Waals surface area contributed by atoms with E-state index in [1.807, 2.05) is 0 Å². The van der Waals surface area contributed by atoms with Gasteiger partial charge in [-0.2, -0.15) is 0 Å². The van der Waals surface area contributed by atoms with Crippen molar-refractivity contribution in [3.63, 3.8) is 0 Å². The zero-order valence-electron chi connectivity index (χ0n) is 10.5. The second kappa shape index (κ2) is 7.27. The molecule has 98 valence electrons. The van der Waals surface area contributed by atoms with Crippen LogP contribution in [0.25, 0.3) is 0 Å². The maximum Gasteiger partial charge on any atom is 0.310 e. The number of hydrogen-bond donors (Lipinski definition) is 1. The number of nitrogens with one attached hydrogen (secondary N) is 1. The molecule has 1 aliphatic rings. The van der Waals surface area contributed by atoms with Crippen LogP contribution in [0, 0.1) is 11.8 Å². The number of esters is 2. The molecule has 0 bridgehead atoms. The summed E-state index contributed by atoms with van der Waals surface area (Å²) in [7, 11) is 1.42. The van der Waals surface area contributed by atoms with Crippen molar-refractivity contribution in [1.29, 1.82) is 0 Å². The smallest absolute Gasteiger partial charge is 0.310 e. The van der Waals surface area contributed by atoms with Crippen LogP contribution in [0.4, 0.5) is 0 Å². The van der Waals surface area contributed by atoms with Crippen LogP contribution >= 0.6 is 0 Å². The van der Waals surface area contributed by atoms with E-state index in [2.05, 4.69) is 5.32 Å². The minimum absolute atomic E-state index is 0.0638. The molecule has 17 heavy (non-hydrogen) atoms. The number of carbonyl (C=O) groups excluding carboxylic acids is 2. The number of methoxy groups -OCH3 is 1. The van der Waals surface area contributed by atoms with Crippen molar-refractivity contribution in [3.8, 4) is 0 Å². The SMILES string of the molecule is COC(=O)C1CNCCC1CCCOC(C)=O. The van der Waals surface area contributed by atoms with Gasteiger partial charge in [0.05, 0.1) is 19.6 Å². The molecule has 0 amide bonds. The third-order valence-corrected chi connectivity index (χ3v) is 3.15. The summed E-state index contributed by atoms with van der Waals surface area (Å²) >= 11 is 0. The van der Waals surface area contributed by atoms with E-state index in [-0.39, 0.29) is 17.9 Å². The van der Waals surface area contributed by atoms with Crippen LogP contribution in [0.3, 0.4) is 0 Å². The summed E-state index contributed by atoms with van der Waals surface area (Å²) < 4.78 is 9.68. The summed E-state index contributed by atoms with van der Waals surface area (Å²) in [6, 6.07) is 0. The van der Waals surface area contributed by atoms with Crippen molar-refractivity contribution in [2.45, 2.75) is 26.2 Å². The van der Waals surface area contributed by atoms with Gasteiger partial charge in [0.2, 0.25) is 0 Å². The molecule has 1 rings (SSSR count). The van der Waals surface area contributed by atoms with Gasteiger partial charge in [0.1, 0.15) is 0 Å². The van der Waals surface area contributed by atoms with E-state index in [0.29, 0.717) is 19.1 Å². The lowest BCUT2D eigenvalue weighted by atomic mass is 9.83. The molecule has 1 heterocycles. The number of hydrogen-bond acceptors (Lipinski definition) is 5. The topological polar surface area (TPSA) is 64.6 Å². The quantitative estimate of drug-likeness (QED) is 0.569. The minimum Gasteiger partial charge on any atom is -0.469 e. The highest BCUT2D eigenvalue weighted by Crippen LogP contribution is 2.25. The lowest BCUT2D eigenvalue weighted by Crippen LogP contribution is -2.41. The van der Waals surface area contributed by atoms with E-state index in [9.17, 15) is 9.59 Å². The first-order valence-corrected chi connectivity index (χ1v) is 6.07. The fourth-order valence-electron chi connectivity index (χ4n) is 2.25. The molecule has 2 atom stereocenters. The minimum atomic E-state index is -0.250. The van der Waals surface area contributed by atoms with Crippen LogP contribution in [0.5, 0.6) is 0 Å². The monoisotopic (exact) mass is 243 g/mol. The van der Waals surface area contributed by atoms with Gasteiger partial charge in [-0.25, -0.2) is 0 Å². The number of ether oxygens (including phenoxy) is 2. The standard InChI is InChI=1S/C12H21NO4/c1-9(14)17-7-3-4-10-5-6-13-8-11(10)12(15)16-2/h10-11,13H,3-8H2,1-2H3. The second-order valence-corrected chi connectivity index (χ2v) is 4.36. The van der Waals surface area contributed by atoms with Crippen LogP contribution in [0.15, 0.2) is 0 Å². The van der Waals surface area contributed by atoms with E-state index in [4.69, 9.17) is 9.47 Å². The van der Waals surface area contributed by atoms with Crippen LogP contribution in [-0.2, 0) is 19.1 Å². The van der Waals surface area contributed by atoms with Crippen molar-refractivity contribution >= 4 is 11.9 Å². The summed E-state index contributed by atoms with van der Waals surface area (Å²) in [5.74, 6) is -0.125. The van der Waals surface area contributed by atoms with Crippen molar-refractivity contribution < 1.29 is 19.1 Å². The van der Waals surface area contributed by atoms with Crippen LogP contribution in [-0.4, -0.2) is 38.7 Å². The molecule has 2 unspecified atom stereocenters. The highest BCUT2D eigenvalue weighted by molar-refractivity contribution is 5.73. The van der Waals surface area contributed by atoms with Gasteiger partial charge in [0.25, 0.3) is 0 Å². The molecule has 0 spiro atoms. The van der Waals surface area contributed by atoms with E-state index < -0.39 is 0 Å². The molecule has 0 radical (unpaired) electrons. The van der Waals surface area contributed by atoms with E-state index in [1.54, 1.807) is 0 Å². The first-order chi connectivity index (χ1) is 8.15. The number of rotatable bonds is 5. The zero-order valence-corrected chi connectivity index (χ0v) is 10.5. The molecule has 1 aliphatic heterocycles. The average Bonchev–Trinajstić information content (AvgIpc) is 2.34. The van der Waals surface area contributed by atoms with Gasteiger partial charge < -0.3 is 14.8 Å². The Bertz CT molecular complexity index is 267. The summed E-state index contributed by atoms with van der Waals surface area (Å²) in [6.45, 7) is 3.46. The maximum atomic E-state index is 11.6. The average molecular weight is 243 g/mol. The third-order valence-electron chi connectivity index (χ3n) is 3.15.